The number of nitrogens with one attached hydrogen (secondary N) is 3. The maximum absolute atomic E-state index is 12.3. The Morgan fingerprint density at radius 2 is 1.91 bits per heavy atom. The van der Waals surface area contributed by atoms with Gasteiger partial charge in [-0.2, -0.15) is 5.10 Å². The van der Waals surface area contributed by atoms with E-state index in [0.717, 1.165) is 5.56 Å². The second kappa shape index (κ2) is 12.6. The zero-order valence-electron chi connectivity index (χ0n) is 18.9. The smallest absolute Gasteiger partial charge is 0.329 e. The van der Waals surface area contributed by atoms with E-state index >= 15 is 0 Å². The molecular formula is C23H27BrN4O5. The fourth-order valence-corrected chi connectivity index (χ4v) is 3.17. The van der Waals surface area contributed by atoms with Crippen molar-refractivity contribution in [2.75, 3.05) is 19.0 Å². The number of hydrazone groups is 1. The van der Waals surface area contributed by atoms with Crippen LogP contribution in [0.1, 0.15) is 31.4 Å². The highest BCUT2D eigenvalue weighted by molar-refractivity contribution is 9.10. The topological polar surface area (TPSA) is 118 Å². The molecule has 176 valence electrons. The number of nitrogens with zero attached hydrogens (tertiary/aromatic N) is 1. The van der Waals surface area contributed by atoms with E-state index in [1.165, 1.54) is 13.3 Å². The number of methoxy groups -OCH3 is 1. The number of halogens is 1. The van der Waals surface area contributed by atoms with Crippen LogP contribution < -0.4 is 25.5 Å². The van der Waals surface area contributed by atoms with Gasteiger partial charge in [-0.1, -0.05) is 25.1 Å². The van der Waals surface area contributed by atoms with Crippen LogP contribution in [-0.4, -0.2) is 43.7 Å². The van der Waals surface area contributed by atoms with E-state index in [9.17, 15) is 14.4 Å². The van der Waals surface area contributed by atoms with E-state index in [2.05, 4.69) is 37.1 Å². The Hall–Kier alpha value is -3.40. The Labute approximate surface area is 201 Å². The number of aryl methyl sites for hydroxylation is 1. The minimum Gasteiger partial charge on any atom is -0.493 e. The Morgan fingerprint density at radius 1 is 1.18 bits per heavy atom. The summed E-state index contributed by atoms with van der Waals surface area (Å²) in [6.45, 7) is 5.37. The summed E-state index contributed by atoms with van der Waals surface area (Å²) < 4.78 is 11.5. The molecule has 0 heterocycles. The van der Waals surface area contributed by atoms with Crippen LogP contribution in [-0.2, 0) is 14.4 Å². The lowest BCUT2D eigenvalue weighted by Crippen LogP contribution is -2.41. The van der Waals surface area contributed by atoms with Crippen LogP contribution in [0.5, 0.6) is 11.5 Å². The molecule has 2 rings (SSSR count). The largest absolute Gasteiger partial charge is 0.493 e. The lowest BCUT2D eigenvalue weighted by molar-refractivity contribution is -0.139. The van der Waals surface area contributed by atoms with Crippen molar-refractivity contribution >= 4 is 45.6 Å². The van der Waals surface area contributed by atoms with Crippen LogP contribution >= 0.6 is 15.9 Å². The van der Waals surface area contributed by atoms with Crippen LogP contribution in [0.2, 0.25) is 0 Å². The molecule has 3 N–H and O–H groups in total. The summed E-state index contributed by atoms with van der Waals surface area (Å²) in [5, 5.41) is 9.15. The van der Waals surface area contributed by atoms with Crippen LogP contribution in [0, 0.1) is 6.92 Å². The van der Waals surface area contributed by atoms with Crippen molar-refractivity contribution in [3.8, 4) is 11.5 Å². The standard InChI is InChI=1S/C23H27BrN4O5/c1-5-15(3)26-22(30)23(31)28-25-12-16-10-17(24)21(19(11-16)32-4)33-13-20(29)27-18-9-7-6-8-14(18)2/h6-12,15H,5,13H2,1-4H3,(H,26,30)(H,27,29)(H,28,31)/b25-12-/t15-/m0/s1. The summed E-state index contributed by atoms with van der Waals surface area (Å²) in [5.41, 5.74) is 4.40. The molecule has 0 aliphatic heterocycles. The Balaban J connectivity index is 2.00. The monoisotopic (exact) mass is 518 g/mol. The van der Waals surface area contributed by atoms with Crippen molar-refractivity contribution in [2.45, 2.75) is 33.2 Å². The molecule has 10 heteroatoms. The summed E-state index contributed by atoms with van der Waals surface area (Å²) in [4.78, 5) is 35.8. The summed E-state index contributed by atoms with van der Waals surface area (Å²) in [5.74, 6) is -1.24. The fraction of sp³-hybridized carbons (Fsp3) is 0.304. The van der Waals surface area contributed by atoms with Gasteiger partial charge in [0.15, 0.2) is 18.1 Å². The molecule has 0 spiro atoms. The third-order valence-corrected chi connectivity index (χ3v) is 5.18. The summed E-state index contributed by atoms with van der Waals surface area (Å²) in [7, 11) is 1.46. The molecule has 0 unspecified atom stereocenters. The van der Waals surface area contributed by atoms with Crippen LogP contribution in [0.4, 0.5) is 5.69 Å². The molecule has 0 bridgehead atoms. The van der Waals surface area contributed by atoms with E-state index in [0.29, 0.717) is 33.6 Å². The minimum absolute atomic E-state index is 0.112. The van der Waals surface area contributed by atoms with Gasteiger partial charge in [0.25, 0.3) is 5.91 Å². The molecule has 2 aromatic rings. The third kappa shape index (κ3) is 7.90. The molecule has 0 aliphatic rings. The van der Waals surface area contributed by atoms with Gasteiger partial charge in [0.1, 0.15) is 0 Å². The molecule has 0 fully saturated rings. The highest BCUT2D eigenvalue weighted by Crippen LogP contribution is 2.36. The molecule has 0 aromatic heterocycles. The average Bonchev–Trinajstić information content (AvgIpc) is 2.79. The maximum atomic E-state index is 12.3. The Morgan fingerprint density at radius 3 is 2.58 bits per heavy atom. The fourth-order valence-electron chi connectivity index (χ4n) is 2.60. The molecule has 33 heavy (non-hydrogen) atoms. The van der Waals surface area contributed by atoms with Gasteiger partial charge < -0.3 is 20.1 Å². The molecule has 2 aromatic carbocycles. The quantitative estimate of drug-likeness (QED) is 0.267. The number of ether oxygens (including phenoxy) is 2. The SMILES string of the molecule is CC[C@H](C)NC(=O)C(=O)N/N=C\c1cc(Br)c(OCC(=O)Nc2ccccc2C)c(OC)c1. The summed E-state index contributed by atoms with van der Waals surface area (Å²) in [6.07, 6.45) is 2.06. The van der Waals surface area contributed by atoms with Crippen molar-refractivity contribution in [1.29, 1.82) is 0 Å². The molecule has 0 radical (unpaired) electrons. The van der Waals surface area contributed by atoms with E-state index in [4.69, 9.17) is 9.47 Å². The second-order valence-corrected chi connectivity index (χ2v) is 8.02. The highest BCUT2D eigenvalue weighted by Gasteiger charge is 2.15. The Kier molecular flexibility index (Phi) is 9.86. The van der Waals surface area contributed by atoms with Crippen molar-refractivity contribution in [3.63, 3.8) is 0 Å². The number of hydrogen-bond acceptors (Lipinski definition) is 6. The van der Waals surface area contributed by atoms with Crippen LogP contribution in [0.3, 0.4) is 0 Å². The van der Waals surface area contributed by atoms with Crippen molar-refractivity contribution in [3.05, 3.63) is 52.0 Å². The number of carbonyl (C=O) groups excluding carboxylic acids is 3. The zero-order valence-corrected chi connectivity index (χ0v) is 20.5. The molecular weight excluding hydrogens is 492 g/mol. The zero-order chi connectivity index (χ0) is 24.4. The molecule has 0 saturated carbocycles. The minimum atomic E-state index is -0.864. The normalized spacial score (nSPS) is 11.5. The molecule has 3 amide bonds. The van der Waals surface area contributed by atoms with Gasteiger partial charge in [0, 0.05) is 11.7 Å². The van der Waals surface area contributed by atoms with Gasteiger partial charge in [0.05, 0.1) is 17.8 Å². The first-order valence-corrected chi connectivity index (χ1v) is 11.0. The number of anilines is 1. The van der Waals surface area contributed by atoms with Crippen LogP contribution in [0.25, 0.3) is 0 Å². The van der Waals surface area contributed by atoms with E-state index in [1.54, 1.807) is 19.1 Å². The van der Waals surface area contributed by atoms with Gasteiger partial charge >= 0.3 is 11.8 Å². The van der Waals surface area contributed by atoms with Gasteiger partial charge in [0.2, 0.25) is 0 Å². The lowest BCUT2D eigenvalue weighted by Gasteiger charge is -2.14. The van der Waals surface area contributed by atoms with Crippen LogP contribution in [0.15, 0.2) is 46.0 Å². The maximum Gasteiger partial charge on any atom is 0.329 e. The lowest BCUT2D eigenvalue weighted by atomic mass is 10.2. The number of carbonyl (C=O) groups is 3. The summed E-state index contributed by atoms with van der Waals surface area (Å²) >= 11 is 3.40. The summed E-state index contributed by atoms with van der Waals surface area (Å²) in [6, 6.07) is 10.6. The first-order chi connectivity index (χ1) is 15.7. The first kappa shape index (κ1) is 25.9. The van der Waals surface area contributed by atoms with Gasteiger partial charge in [-0.3, -0.25) is 14.4 Å². The number of rotatable bonds is 9. The van der Waals surface area contributed by atoms with E-state index in [1.807, 2.05) is 38.1 Å². The second-order valence-electron chi connectivity index (χ2n) is 7.17. The molecule has 0 saturated heterocycles. The van der Waals surface area contributed by atoms with Gasteiger partial charge in [-0.05, 0) is 65.5 Å². The molecule has 9 nitrogen and oxygen atoms in total. The van der Waals surface area contributed by atoms with Crippen molar-refractivity contribution in [1.82, 2.24) is 10.7 Å². The van der Waals surface area contributed by atoms with Gasteiger partial charge in [-0.15, -0.1) is 0 Å². The third-order valence-electron chi connectivity index (χ3n) is 4.59. The van der Waals surface area contributed by atoms with E-state index < -0.39 is 11.8 Å². The number of benzene rings is 2. The average molecular weight is 519 g/mol. The molecule has 0 aliphatic carbocycles. The predicted molar refractivity (Wildman–Crippen MR) is 130 cm³/mol. The number of hydrogen-bond donors (Lipinski definition) is 3. The first-order valence-electron chi connectivity index (χ1n) is 10.2. The van der Waals surface area contributed by atoms with E-state index in [-0.39, 0.29) is 18.6 Å². The van der Waals surface area contributed by atoms with Crippen molar-refractivity contribution in [2.24, 2.45) is 5.10 Å². The predicted octanol–water partition coefficient (Wildman–Crippen LogP) is 3.15. The van der Waals surface area contributed by atoms with Gasteiger partial charge in [-0.25, -0.2) is 5.43 Å². The number of amides is 3. The Bertz CT molecular complexity index is 1040. The molecule has 1 atom stereocenters. The number of para-hydroxylation sites is 1. The highest BCUT2D eigenvalue weighted by atomic mass is 79.9. The van der Waals surface area contributed by atoms with Crippen molar-refractivity contribution < 1.29 is 23.9 Å².